The number of nitrogens with one attached hydrogen (secondary N) is 1. The molecule has 0 spiro atoms. The molecule has 0 fully saturated rings. The van der Waals surface area contributed by atoms with Crippen molar-refractivity contribution in [3.63, 3.8) is 0 Å². The van der Waals surface area contributed by atoms with Crippen LogP contribution in [0.2, 0.25) is 0 Å². The maximum Gasteiger partial charge on any atom is 0.433 e. The highest BCUT2D eigenvalue weighted by molar-refractivity contribution is 9.10. The summed E-state index contributed by atoms with van der Waals surface area (Å²) in [6, 6.07) is 5.43. The Labute approximate surface area is 144 Å². The number of ether oxygens (including phenoxy) is 1. The summed E-state index contributed by atoms with van der Waals surface area (Å²) in [5.41, 5.74) is -0.811. The van der Waals surface area contributed by atoms with Crippen LogP contribution >= 0.6 is 15.9 Å². The van der Waals surface area contributed by atoms with Gasteiger partial charge in [0.2, 0.25) is 0 Å². The van der Waals surface area contributed by atoms with Crippen LogP contribution in [0.25, 0.3) is 17.0 Å². The van der Waals surface area contributed by atoms with Crippen LogP contribution < -0.4 is 4.74 Å². The summed E-state index contributed by atoms with van der Waals surface area (Å²) in [6.45, 7) is 2.32. The second-order valence-electron chi connectivity index (χ2n) is 5.21. The first kappa shape index (κ1) is 16.8. The Kier molecular flexibility index (Phi) is 4.25. The number of benzene rings is 1. The van der Waals surface area contributed by atoms with Crippen LogP contribution in [0, 0.1) is 5.41 Å². The minimum absolute atomic E-state index is 0.127. The van der Waals surface area contributed by atoms with E-state index in [1.54, 1.807) is 10.6 Å². The summed E-state index contributed by atoms with van der Waals surface area (Å²) < 4.78 is 46.9. The van der Waals surface area contributed by atoms with Crippen molar-refractivity contribution in [1.29, 1.82) is 5.41 Å². The van der Waals surface area contributed by atoms with E-state index in [1.165, 1.54) is 19.2 Å². The van der Waals surface area contributed by atoms with Crippen molar-refractivity contribution in [2.24, 2.45) is 0 Å². The first-order chi connectivity index (χ1) is 11.3. The van der Waals surface area contributed by atoms with Crippen LogP contribution in [0.5, 0.6) is 5.75 Å². The van der Waals surface area contributed by atoms with Gasteiger partial charge in [0, 0.05) is 16.2 Å². The molecule has 0 radical (unpaired) electrons. The van der Waals surface area contributed by atoms with Gasteiger partial charge in [-0.15, -0.1) is 0 Å². The smallest absolute Gasteiger partial charge is 0.433 e. The molecule has 0 amide bonds. The standard InChI is InChI=1S/C16H13BrF3N3O/c1-2-10(14(21)16(18,19)20)12-8-23-5-6-24-13-4-3-9(17)7-11(13)15(23)22-12/h2-4,7-8,21H,5-6H2,1H3/b10-2-,21-14?. The second-order valence-corrected chi connectivity index (χ2v) is 6.12. The molecule has 1 aromatic carbocycles. The van der Waals surface area contributed by atoms with E-state index in [1.807, 2.05) is 12.1 Å². The third-order valence-electron chi connectivity index (χ3n) is 3.67. The van der Waals surface area contributed by atoms with E-state index >= 15 is 0 Å². The molecule has 126 valence electrons. The molecule has 2 aromatic rings. The molecule has 3 rings (SSSR count). The highest BCUT2D eigenvalue weighted by Gasteiger charge is 2.37. The van der Waals surface area contributed by atoms with E-state index in [-0.39, 0.29) is 11.3 Å². The second kappa shape index (κ2) is 6.08. The molecule has 24 heavy (non-hydrogen) atoms. The van der Waals surface area contributed by atoms with Gasteiger partial charge in [0.15, 0.2) is 0 Å². The summed E-state index contributed by atoms with van der Waals surface area (Å²) in [4.78, 5) is 4.35. The van der Waals surface area contributed by atoms with Crippen LogP contribution in [0.3, 0.4) is 0 Å². The highest BCUT2D eigenvalue weighted by Crippen LogP contribution is 2.36. The van der Waals surface area contributed by atoms with E-state index < -0.39 is 11.9 Å². The molecular formula is C16H13BrF3N3O. The Morgan fingerprint density at radius 3 is 2.83 bits per heavy atom. The normalized spacial score (nSPS) is 14.5. The zero-order chi connectivity index (χ0) is 17.5. The van der Waals surface area contributed by atoms with Crippen LogP contribution in [0.15, 0.2) is 34.9 Å². The lowest BCUT2D eigenvalue weighted by Gasteiger charge is -2.10. The molecule has 0 saturated carbocycles. The molecule has 0 atom stereocenters. The molecule has 4 nitrogen and oxygen atoms in total. The maximum absolute atomic E-state index is 12.9. The highest BCUT2D eigenvalue weighted by atomic mass is 79.9. The van der Waals surface area contributed by atoms with Gasteiger partial charge in [0.25, 0.3) is 0 Å². The lowest BCUT2D eigenvalue weighted by molar-refractivity contribution is -0.0578. The minimum atomic E-state index is -4.72. The minimum Gasteiger partial charge on any atom is -0.491 e. The van der Waals surface area contributed by atoms with Crippen molar-refractivity contribution in [3.05, 3.63) is 40.6 Å². The van der Waals surface area contributed by atoms with Gasteiger partial charge in [-0.05, 0) is 25.1 Å². The van der Waals surface area contributed by atoms with Crippen molar-refractivity contribution in [1.82, 2.24) is 9.55 Å². The number of hydrogen-bond donors (Lipinski definition) is 1. The molecule has 0 bridgehead atoms. The van der Waals surface area contributed by atoms with Crippen LogP contribution in [-0.4, -0.2) is 28.0 Å². The van der Waals surface area contributed by atoms with E-state index in [0.717, 1.165) is 4.47 Å². The molecule has 2 heterocycles. The Bertz CT molecular complexity index is 840. The van der Waals surface area contributed by atoms with E-state index in [2.05, 4.69) is 20.9 Å². The third kappa shape index (κ3) is 2.98. The average molecular weight is 400 g/mol. The van der Waals surface area contributed by atoms with Crippen LogP contribution in [0.4, 0.5) is 13.2 Å². The lowest BCUT2D eigenvalue weighted by Crippen LogP contribution is -2.23. The van der Waals surface area contributed by atoms with Gasteiger partial charge in [-0.1, -0.05) is 22.0 Å². The fraction of sp³-hybridized carbons (Fsp3) is 0.250. The Hall–Kier alpha value is -2.09. The fourth-order valence-corrected chi connectivity index (χ4v) is 2.92. The number of fused-ring (bicyclic) bond motifs is 3. The average Bonchev–Trinajstić information content (AvgIpc) is 2.85. The van der Waals surface area contributed by atoms with Crippen LogP contribution in [-0.2, 0) is 6.54 Å². The number of alkyl halides is 3. The van der Waals surface area contributed by atoms with Gasteiger partial charge in [-0.25, -0.2) is 4.98 Å². The zero-order valence-electron chi connectivity index (χ0n) is 12.6. The largest absolute Gasteiger partial charge is 0.491 e. The molecular weight excluding hydrogens is 387 g/mol. The topological polar surface area (TPSA) is 50.9 Å². The summed E-state index contributed by atoms with van der Waals surface area (Å²) >= 11 is 3.38. The number of halogens is 4. The van der Waals surface area contributed by atoms with E-state index in [9.17, 15) is 13.2 Å². The van der Waals surface area contributed by atoms with Gasteiger partial charge in [-0.3, -0.25) is 5.41 Å². The van der Waals surface area contributed by atoms with Gasteiger partial charge < -0.3 is 9.30 Å². The molecule has 1 N–H and O–H groups in total. The zero-order valence-corrected chi connectivity index (χ0v) is 14.2. The van der Waals surface area contributed by atoms with Gasteiger partial charge in [0.1, 0.15) is 23.9 Å². The molecule has 0 unspecified atom stereocenters. The Morgan fingerprint density at radius 2 is 2.17 bits per heavy atom. The van der Waals surface area contributed by atoms with E-state index in [4.69, 9.17) is 10.1 Å². The van der Waals surface area contributed by atoms with Gasteiger partial charge in [-0.2, -0.15) is 13.2 Å². The van der Waals surface area contributed by atoms with Crippen molar-refractivity contribution in [3.8, 4) is 17.1 Å². The SMILES string of the molecule is C/C=C(\C(=N)C(F)(F)F)c1cn2c(n1)-c1cc(Br)ccc1OCC2. The summed E-state index contributed by atoms with van der Waals surface area (Å²) in [6.07, 6.45) is -1.92. The summed E-state index contributed by atoms with van der Waals surface area (Å²) in [5.74, 6) is 1.15. The van der Waals surface area contributed by atoms with Crippen molar-refractivity contribution in [2.75, 3.05) is 6.61 Å². The fourth-order valence-electron chi connectivity index (χ4n) is 2.56. The van der Waals surface area contributed by atoms with Crippen molar-refractivity contribution >= 4 is 27.2 Å². The Balaban J connectivity index is 2.11. The summed E-state index contributed by atoms with van der Waals surface area (Å²) in [5, 5.41) is 7.39. The predicted molar refractivity (Wildman–Crippen MR) is 88.3 cm³/mol. The molecule has 1 aliphatic rings. The van der Waals surface area contributed by atoms with Crippen molar-refractivity contribution < 1.29 is 17.9 Å². The van der Waals surface area contributed by atoms with Crippen LogP contribution in [0.1, 0.15) is 12.6 Å². The molecule has 1 aliphatic heterocycles. The number of nitrogens with zero attached hydrogens (tertiary/aromatic N) is 2. The first-order valence-electron chi connectivity index (χ1n) is 7.14. The first-order valence-corrected chi connectivity index (χ1v) is 7.93. The monoisotopic (exact) mass is 399 g/mol. The number of rotatable bonds is 2. The molecule has 1 aromatic heterocycles. The van der Waals surface area contributed by atoms with Crippen molar-refractivity contribution in [2.45, 2.75) is 19.6 Å². The molecule has 0 saturated heterocycles. The maximum atomic E-state index is 12.9. The van der Waals surface area contributed by atoms with Gasteiger partial charge in [0.05, 0.1) is 17.8 Å². The number of aromatic nitrogens is 2. The van der Waals surface area contributed by atoms with Gasteiger partial charge >= 0.3 is 6.18 Å². The number of hydrogen-bond acceptors (Lipinski definition) is 3. The number of imidazole rings is 1. The summed E-state index contributed by atoms with van der Waals surface area (Å²) in [7, 11) is 0. The lowest BCUT2D eigenvalue weighted by atomic mass is 10.1. The molecule has 8 heteroatoms. The van der Waals surface area contributed by atoms with E-state index in [0.29, 0.717) is 30.3 Å². The molecule has 0 aliphatic carbocycles. The quantitative estimate of drug-likeness (QED) is 0.744. The Morgan fingerprint density at radius 1 is 1.42 bits per heavy atom. The third-order valence-corrected chi connectivity index (χ3v) is 4.16. The number of allylic oxidation sites excluding steroid dienone is 2. The predicted octanol–water partition coefficient (Wildman–Crippen LogP) is 4.69.